The number of hydrogen-bond donors (Lipinski definition) is 1. The first-order valence-corrected chi connectivity index (χ1v) is 8.14. The molecule has 2 rings (SSSR count). The van der Waals surface area contributed by atoms with Crippen molar-refractivity contribution in [2.75, 3.05) is 4.72 Å². The Morgan fingerprint density at radius 3 is 2.35 bits per heavy atom. The van der Waals surface area contributed by atoms with Gasteiger partial charge in [-0.3, -0.25) is 4.72 Å². The van der Waals surface area contributed by atoms with Crippen LogP contribution >= 0.6 is 23.2 Å². The summed E-state index contributed by atoms with van der Waals surface area (Å²) in [7, 11) is -5.50. The molecule has 2 aromatic carbocycles. The van der Waals surface area contributed by atoms with Gasteiger partial charge < -0.3 is 4.74 Å². The smallest absolute Gasteiger partial charge is 0.456 e. The Morgan fingerprint density at radius 1 is 1.04 bits per heavy atom. The first-order chi connectivity index (χ1) is 10.6. The molecule has 0 aliphatic rings. The Balaban J connectivity index is 2.24. The highest BCUT2D eigenvalue weighted by Gasteiger charge is 2.46. The molecule has 1 N–H and O–H groups in total. The van der Waals surface area contributed by atoms with Crippen molar-refractivity contribution in [3.8, 4) is 11.5 Å². The maximum absolute atomic E-state index is 12.3. The average Bonchev–Trinajstić information content (AvgIpc) is 2.40. The largest absolute Gasteiger partial charge is 0.516 e. The molecule has 0 amide bonds. The van der Waals surface area contributed by atoms with E-state index in [9.17, 15) is 21.6 Å². The van der Waals surface area contributed by atoms with E-state index in [1.165, 1.54) is 35.1 Å². The standard InChI is InChI=1S/C13H8Cl2F3NO3S/c14-8-4-5-12(11(15)6-8)22-10-3-1-2-9(7-10)19-23(20,21)13(16,17)18/h1-7,19H. The molecule has 0 saturated heterocycles. The van der Waals surface area contributed by atoms with E-state index in [4.69, 9.17) is 27.9 Å². The van der Waals surface area contributed by atoms with Crippen molar-refractivity contribution in [3.63, 3.8) is 0 Å². The molecule has 23 heavy (non-hydrogen) atoms. The fourth-order valence-corrected chi connectivity index (χ4v) is 2.52. The van der Waals surface area contributed by atoms with Gasteiger partial charge in [-0.25, -0.2) is 0 Å². The van der Waals surface area contributed by atoms with Crippen molar-refractivity contribution in [2.24, 2.45) is 0 Å². The number of rotatable bonds is 4. The third kappa shape index (κ3) is 4.43. The van der Waals surface area contributed by atoms with Crippen LogP contribution in [0, 0.1) is 0 Å². The molecule has 4 nitrogen and oxygen atoms in total. The third-order valence-corrected chi connectivity index (χ3v) is 4.16. The van der Waals surface area contributed by atoms with Crippen LogP contribution in [0.4, 0.5) is 18.9 Å². The average molecular weight is 386 g/mol. The van der Waals surface area contributed by atoms with Crippen LogP contribution < -0.4 is 9.46 Å². The molecule has 0 saturated carbocycles. The summed E-state index contributed by atoms with van der Waals surface area (Å²) in [6.45, 7) is 0. The normalized spacial score (nSPS) is 12.0. The highest BCUT2D eigenvalue weighted by Crippen LogP contribution is 2.33. The second kappa shape index (κ2) is 6.46. The second-order valence-corrected chi connectivity index (χ2v) is 6.77. The zero-order valence-electron chi connectivity index (χ0n) is 11.1. The van der Waals surface area contributed by atoms with Crippen LogP contribution in [0.25, 0.3) is 0 Å². The number of nitrogens with one attached hydrogen (secondary N) is 1. The predicted octanol–water partition coefficient (Wildman–Crippen LogP) is 5.05. The lowest BCUT2D eigenvalue weighted by Crippen LogP contribution is -2.29. The first kappa shape index (κ1) is 17.7. The summed E-state index contributed by atoms with van der Waals surface area (Å²) in [4.78, 5) is 0. The summed E-state index contributed by atoms with van der Waals surface area (Å²) < 4.78 is 66.0. The van der Waals surface area contributed by atoms with Crippen LogP contribution in [0.3, 0.4) is 0 Å². The molecule has 2 aromatic rings. The first-order valence-electron chi connectivity index (χ1n) is 5.90. The molecule has 0 bridgehead atoms. The molecular formula is C13H8Cl2F3NO3S. The fraction of sp³-hybridized carbons (Fsp3) is 0.0769. The quantitative estimate of drug-likeness (QED) is 0.801. The van der Waals surface area contributed by atoms with E-state index in [2.05, 4.69) is 0 Å². The molecule has 0 radical (unpaired) electrons. The van der Waals surface area contributed by atoms with Crippen LogP contribution in [0.1, 0.15) is 0 Å². The van der Waals surface area contributed by atoms with Crippen molar-refractivity contribution in [1.29, 1.82) is 0 Å². The summed E-state index contributed by atoms with van der Waals surface area (Å²) >= 11 is 11.7. The van der Waals surface area contributed by atoms with Crippen molar-refractivity contribution in [2.45, 2.75) is 5.51 Å². The number of sulfonamides is 1. The fourth-order valence-electron chi connectivity index (χ4n) is 1.52. The van der Waals surface area contributed by atoms with E-state index in [-0.39, 0.29) is 22.2 Å². The Labute approximate surface area is 139 Å². The van der Waals surface area contributed by atoms with Crippen molar-refractivity contribution >= 4 is 38.9 Å². The van der Waals surface area contributed by atoms with Gasteiger partial charge in [0.2, 0.25) is 0 Å². The minimum absolute atomic E-state index is 0.0941. The molecular weight excluding hydrogens is 378 g/mol. The van der Waals surface area contributed by atoms with Crippen LogP contribution in [0.15, 0.2) is 42.5 Å². The van der Waals surface area contributed by atoms with Crippen LogP contribution in [-0.4, -0.2) is 13.9 Å². The molecule has 0 aliphatic carbocycles. The Bertz CT molecular complexity index is 825. The summed E-state index contributed by atoms with van der Waals surface area (Å²) in [5.74, 6) is 0.309. The lowest BCUT2D eigenvalue weighted by atomic mass is 10.3. The molecule has 0 aromatic heterocycles. The minimum Gasteiger partial charge on any atom is -0.456 e. The zero-order chi connectivity index (χ0) is 17.3. The second-order valence-electron chi connectivity index (χ2n) is 4.26. The number of benzene rings is 2. The zero-order valence-corrected chi connectivity index (χ0v) is 13.4. The molecule has 0 spiro atoms. The Kier molecular flexibility index (Phi) is 4.98. The van der Waals surface area contributed by atoms with Gasteiger partial charge in [-0.15, -0.1) is 0 Å². The van der Waals surface area contributed by atoms with Crippen molar-refractivity contribution < 1.29 is 26.3 Å². The van der Waals surface area contributed by atoms with E-state index in [0.29, 0.717) is 5.02 Å². The van der Waals surface area contributed by atoms with Gasteiger partial charge in [-0.2, -0.15) is 21.6 Å². The number of anilines is 1. The van der Waals surface area contributed by atoms with Crippen molar-refractivity contribution in [1.82, 2.24) is 0 Å². The van der Waals surface area contributed by atoms with Gasteiger partial charge in [0.05, 0.1) is 10.7 Å². The van der Waals surface area contributed by atoms with E-state index in [0.717, 1.165) is 12.1 Å². The van der Waals surface area contributed by atoms with Gasteiger partial charge >= 0.3 is 15.5 Å². The monoisotopic (exact) mass is 385 g/mol. The topological polar surface area (TPSA) is 55.4 Å². The lowest BCUT2D eigenvalue weighted by molar-refractivity contribution is -0.0429. The number of ether oxygens (including phenoxy) is 1. The maximum atomic E-state index is 12.3. The number of halogens is 5. The highest BCUT2D eigenvalue weighted by molar-refractivity contribution is 7.93. The van der Waals surface area contributed by atoms with E-state index >= 15 is 0 Å². The van der Waals surface area contributed by atoms with Crippen LogP contribution in [0.2, 0.25) is 10.0 Å². The summed E-state index contributed by atoms with van der Waals surface area (Å²) in [5.41, 5.74) is -5.71. The lowest BCUT2D eigenvalue weighted by Gasteiger charge is -2.12. The maximum Gasteiger partial charge on any atom is 0.516 e. The molecule has 0 heterocycles. The third-order valence-electron chi connectivity index (χ3n) is 2.51. The van der Waals surface area contributed by atoms with E-state index in [1.54, 1.807) is 0 Å². The van der Waals surface area contributed by atoms with Gasteiger partial charge in [-0.05, 0) is 30.3 Å². The van der Waals surface area contributed by atoms with Gasteiger partial charge in [0.1, 0.15) is 11.5 Å². The number of alkyl halides is 3. The summed E-state index contributed by atoms with van der Waals surface area (Å²) in [6.07, 6.45) is 0. The van der Waals surface area contributed by atoms with Crippen molar-refractivity contribution in [3.05, 3.63) is 52.5 Å². The van der Waals surface area contributed by atoms with Crippen LogP contribution in [-0.2, 0) is 10.0 Å². The highest BCUT2D eigenvalue weighted by atomic mass is 35.5. The molecule has 0 unspecified atom stereocenters. The van der Waals surface area contributed by atoms with Gasteiger partial charge in [0, 0.05) is 11.1 Å². The Morgan fingerprint density at radius 2 is 1.74 bits per heavy atom. The van der Waals surface area contributed by atoms with Crippen LogP contribution in [0.5, 0.6) is 11.5 Å². The predicted molar refractivity (Wildman–Crippen MR) is 81.6 cm³/mol. The minimum atomic E-state index is -5.50. The van der Waals surface area contributed by atoms with Gasteiger partial charge in [-0.1, -0.05) is 29.3 Å². The summed E-state index contributed by atoms with van der Waals surface area (Å²) in [5, 5.41) is 0.577. The Hall–Kier alpha value is -1.64. The molecule has 0 fully saturated rings. The molecule has 10 heteroatoms. The molecule has 0 aliphatic heterocycles. The number of hydrogen-bond acceptors (Lipinski definition) is 3. The molecule has 0 atom stereocenters. The SMILES string of the molecule is O=S(=O)(Nc1cccc(Oc2ccc(Cl)cc2Cl)c1)C(F)(F)F. The summed E-state index contributed by atoms with van der Waals surface area (Å²) in [6, 6.07) is 9.41. The van der Waals surface area contributed by atoms with Gasteiger partial charge in [0.25, 0.3) is 0 Å². The van der Waals surface area contributed by atoms with E-state index < -0.39 is 15.5 Å². The van der Waals surface area contributed by atoms with E-state index in [1.807, 2.05) is 0 Å². The van der Waals surface area contributed by atoms with Gasteiger partial charge in [0.15, 0.2) is 0 Å². The molecule has 124 valence electrons.